The van der Waals surface area contributed by atoms with E-state index in [1.54, 1.807) is 0 Å². The van der Waals surface area contributed by atoms with E-state index in [9.17, 15) is 0 Å². The lowest BCUT2D eigenvalue weighted by Crippen LogP contribution is -1.93. The normalized spacial score (nSPS) is 10.8. The first-order valence-electron chi connectivity index (χ1n) is 6.18. The van der Waals surface area contributed by atoms with Crippen LogP contribution in [0.2, 0.25) is 0 Å². The third-order valence-electron chi connectivity index (χ3n) is 2.95. The minimum absolute atomic E-state index is 0.206. The van der Waals surface area contributed by atoms with Crippen molar-refractivity contribution in [2.45, 2.75) is 13.3 Å². The molecule has 0 radical (unpaired) electrons. The highest BCUT2D eigenvalue weighted by atomic mass is 16.6. The number of para-hydroxylation sites is 2. The molecule has 2 N–H and O–H groups in total. The molecule has 0 aliphatic heterocycles. The Morgan fingerprint density at radius 1 is 1.21 bits per heavy atom. The third-order valence-corrected chi connectivity index (χ3v) is 2.95. The number of fused-ring (bicyclic) bond motifs is 1. The lowest BCUT2D eigenvalue weighted by atomic mass is 10.1. The van der Waals surface area contributed by atoms with Crippen LogP contribution < -0.4 is 10.5 Å². The van der Waals surface area contributed by atoms with Crippen molar-refractivity contribution >= 4 is 16.8 Å². The summed E-state index contributed by atoms with van der Waals surface area (Å²) in [5, 5.41) is 0. The highest BCUT2D eigenvalue weighted by Crippen LogP contribution is 2.29. The van der Waals surface area contributed by atoms with Crippen molar-refractivity contribution in [1.29, 1.82) is 0 Å². The highest BCUT2D eigenvalue weighted by molar-refractivity contribution is 5.72. The van der Waals surface area contributed by atoms with Crippen molar-refractivity contribution in [3.8, 4) is 11.8 Å². The van der Waals surface area contributed by atoms with E-state index in [0.29, 0.717) is 17.0 Å². The molecular weight excluding hydrogens is 240 g/mol. The molecule has 4 heteroatoms. The number of anilines is 1. The van der Waals surface area contributed by atoms with Gasteiger partial charge < -0.3 is 14.9 Å². The number of ether oxygens (including phenoxy) is 1. The molecule has 0 fully saturated rings. The highest BCUT2D eigenvalue weighted by Gasteiger charge is 2.09. The topological polar surface area (TPSA) is 61.3 Å². The van der Waals surface area contributed by atoms with Crippen LogP contribution in [0, 0.1) is 0 Å². The number of aryl methyl sites for hydroxylation is 1. The van der Waals surface area contributed by atoms with E-state index < -0.39 is 0 Å². The molecule has 1 heterocycles. The van der Waals surface area contributed by atoms with E-state index in [1.165, 1.54) is 5.56 Å². The van der Waals surface area contributed by atoms with Crippen LogP contribution in [-0.4, -0.2) is 4.98 Å². The van der Waals surface area contributed by atoms with Crippen molar-refractivity contribution in [3.05, 3.63) is 48.0 Å². The zero-order valence-electron chi connectivity index (χ0n) is 10.6. The zero-order valence-corrected chi connectivity index (χ0v) is 10.6. The maximum absolute atomic E-state index is 5.94. The molecule has 0 bridgehead atoms. The molecule has 0 saturated heterocycles. The average Bonchev–Trinajstić information content (AvgIpc) is 2.83. The summed E-state index contributed by atoms with van der Waals surface area (Å²) in [5.74, 6) is 0.559. The number of nitrogens with zero attached hydrogens (tertiary/aromatic N) is 1. The number of nitrogens with two attached hydrogens (primary N) is 1. The molecule has 0 spiro atoms. The van der Waals surface area contributed by atoms with Crippen LogP contribution in [0.15, 0.2) is 46.9 Å². The minimum Gasteiger partial charge on any atom is -0.409 e. The first-order valence-corrected chi connectivity index (χ1v) is 6.18. The molecule has 0 aliphatic carbocycles. The van der Waals surface area contributed by atoms with Crippen LogP contribution in [-0.2, 0) is 6.42 Å². The molecule has 0 amide bonds. The lowest BCUT2D eigenvalue weighted by Gasteiger charge is -2.05. The van der Waals surface area contributed by atoms with Gasteiger partial charge in [0.15, 0.2) is 11.3 Å². The average molecular weight is 254 g/mol. The minimum atomic E-state index is 0.206. The molecule has 0 saturated carbocycles. The second-order valence-corrected chi connectivity index (χ2v) is 4.28. The lowest BCUT2D eigenvalue weighted by molar-refractivity contribution is 0.344. The van der Waals surface area contributed by atoms with Crippen molar-refractivity contribution < 1.29 is 9.15 Å². The van der Waals surface area contributed by atoms with Gasteiger partial charge in [-0.25, -0.2) is 0 Å². The number of hydrogen-bond acceptors (Lipinski definition) is 4. The van der Waals surface area contributed by atoms with Gasteiger partial charge in [0.1, 0.15) is 5.52 Å². The molecular formula is C15H14N2O2. The first-order chi connectivity index (χ1) is 9.26. The van der Waals surface area contributed by atoms with Gasteiger partial charge in [-0.05, 0) is 36.2 Å². The smallest absolute Gasteiger partial charge is 0.400 e. The number of benzene rings is 2. The second-order valence-electron chi connectivity index (χ2n) is 4.28. The van der Waals surface area contributed by atoms with Gasteiger partial charge in [-0.1, -0.05) is 25.1 Å². The summed E-state index contributed by atoms with van der Waals surface area (Å²) in [5.41, 5.74) is 9.16. The van der Waals surface area contributed by atoms with Gasteiger partial charge in [-0.3, -0.25) is 0 Å². The summed E-state index contributed by atoms with van der Waals surface area (Å²) in [6, 6.07) is 13.2. The van der Waals surface area contributed by atoms with Crippen LogP contribution in [0.3, 0.4) is 0 Å². The maximum atomic E-state index is 5.94. The standard InChI is InChI=1S/C15H14N2O2/c1-2-10-7-8-13(11(16)9-10)18-15-17-12-5-3-4-6-14(12)19-15/h3-9H,2,16H2,1H3. The summed E-state index contributed by atoms with van der Waals surface area (Å²) in [6.45, 7) is 2.08. The SMILES string of the molecule is CCc1ccc(Oc2nc3ccccc3o2)c(N)c1. The molecule has 19 heavy (non-hydrogen) atoms. The summed E-state index contributed by atoms with van der Waals surface area (Å²) in [6.07, 6.45) is 1.14. The molecule has 3 rings (SSSR count). The van der Waals surface area contributed by atoms with Crippen LogP contribution in [0.1, 0.15) is 12.5 Å². The summed E-state index contributed by atoms with van der Waals surface area (Å²) >= 11 is 0. The Balaban J connectivity index is 1.92. The van der Waals surface area contributed by atoms with E-state index in [2.05, 4.69) is 11.9 Å². The first kappa shape index (κ1) is 11.6. The molecule has 96 valence electrons. The van der Waals surface area contributed by atoms with Crippen LogP contribution >= 0.6 is 0 Å². The predicted molar refractivity (Wildman–Crippen MR) is 74.3 cm³/mol. The van der Waals surface area contributed by atoms with Gasteiger partial charge in [0.25, 0.3) is 0 Å². The Morgan fingerprint density at radius 2 is 2.05 bits per heavy atom. The summed E-state index contributed by atoms with van der Waals surface area (Å²) in [4.78, 5) is 4.25. The number of oxazole rings is 1. The fraction of sp³-hybridized carbons (Fsp3) is 0.133. The fourth-order valence-electron chi connectivity index (χ4n) is 1.90. The molecule has 1 aromatic heterocycles. The quantitative estimate of drug-likeness (QED) is 0.723. The number of hydrogen-bond donors (Lipinski definition) is 1. The maximum Gasteiger partial charge on any atom is 0.400 e. The van der Waals surface area contributed by atoms with Gasteiger partial charge in [0.2, 0.25) is 0 Å². The van der Waals surface area contributed by atoms with Gasteiger partial charge in [-0.15, -0.1) is 0 Å². The number of aromatic nitrogens is 1. The van der Waals surface area contributed by atoms with E-state index in [0.717, 1.165) is 11.9 Å². The van der Waals surface area contributed by atoms with E-state index >= 15 is 0 Å². The molecule has 4 nitrogen and oxygen atoms in total. The Labute approximate surface area is 110 Å². The largest absolute Gasteiger partial charge is 0.409 e. The number of nitrogen functional groups attached to an aromatic ring is 1. The van der Waals surface area contributed by atoms with Gasteiger partial charge in [0.05, 0.1) is 5.69 Å². The van der Waals surface area contributed by atoms with Gasteiger partial charge in [-0.2, -0.15) is 4.98 Å². The third kappa shape index (κ3) is 2.25. The van der Waals surface area contributed by atoms with Gasteiger partial charge in [0, 0.05) is 0 Å². The molecule has 3 aromatic rings. The van der Waals surface area contributed by atoms with E-state index in [1.807, 2.05) is 42.5 Å². The predicted octanol–water partition coefficient (Wildman–Crippen LogP) is 3.76. The van der Waals surface area contributed by atoms with Crippen LogP contribution in [0.25, 0.3) is 11.1 Å². The van der Waals surface area contributed by atoms with Crippen LogP contribution in [0.4, 0.5) is 5.69 Å². The van der Waals surface area contributed by atoms with Gasteiger partial charge >= 0.3 is 6.08 Å². The zero-order chi connectivity index (χ0) is 13.2. The second kappa shape index (κ2) is 4.65. The number of rotatable bonds is 3. The summed E-state index contributed by atoms with van der Waals surface area (Å²) in [7, 11) is 0. The summed E-state index contributed by atoms with van der Waals surface area (Å²) < 4.78 is 11.1. The molecule has 0 atom stereocenters. The fourth-order valence-corrected chi connectivity index (χ4v) is 1.90. The Morgan fingerprint density at radius 3 is 2.79 bits per heavy atom. The van der Waals surface area contributed by atoms with Crippen LogP contribution in [0.5, 0.6) is 11.8 Å². The molecule has 0 unspecified atom stereocenters. The monoisotopic (exact) mass is 254 g/mol. The van der Waals surface area contributed by atoms with E-state index in [-0.39, 0.29) is 6.08 Å². The van der Waals surface area contributed by atoms with E-state index in [4.69, 9.17) is 14.9 Å². The molecule has 2 aromatic carbocycles. The molecule has 0 aliphatic rings. The van der Waals surface area contributed by atoms with Crippen molar-refractivity contribution in [2.75, 3.05) is 5.73 Å². The van der Waals surface area contributed by atoms with Crippen molar-refractivity contribution in [1.82, 2.24) is 4.98 Å². The van der Waals surface area contributed by atoms with Crippen molar-refractivity contribution in [3.63, 3.8) is 0 Å². The Kier molecular flexibility index (Phi) is 2.83. The Hall–Kier alpha value is -2.49. The Bertz CT molecular complexity index is 686. The van der Waals surface area contributed by atoms with Crippen molar-refractivity contribution in [2.24, 2.45) is 0 Å².